The van der Waals surface area contributed by atoms with Crippen molar-refractivity contribution < 1.29 is 27.5 Å². The lowest BCUT2D eigenvalue weighted by Crippen LogP contribution is -2.14. The Balaban J connectivity index is 1.49. The molecule has 10 heteroatoms. The molecule has 0 amide bonds. The maximum Gasteiger partial charge on any atom is 0.387 e. The van der Waals surface area contributed by atoms with E-state index < -0.39 is 11.9 Å². The van der Waals surface area contributed by atoms with Crippen LogP contribution in [0, 0.1) is 13.8 Å². The molecule has 2 aromatic heterocycles. The number of rotatable bonds is 9. The van der Waals surface area contributed by atoms with Crippen molar-refractivity contribution in [3.05, 3.63) is 71.5 Å². The van der Waals surface area contributed by atoms with Crippen LogP contribution in [0.4, 0.5) is 8.78 Å². The Hall–Kier alpha value is -3.66. The van der Waals surface area contributed by atoms with E-state index in [0.717, 1.165) is 28.4 Å². The van der Waals surface area contributed by atoms with Crippen LogP contribution in [-0.4, -0.2) is 39.5 Å². The maximum atomic E-state index is 13.2. The molecular formula is C25H23F2N3O4S. The number of halogens is 2. The fourth-order valence-corrected chi connectivity index (χ4v) is 4.47. The summed E-state index contributed by atoms with van der Waals surface area (Å²) >= 11 is 1.19. The number of nitrogens with zero attached hydrogens (tertiary/aromatic N) is 3. The number of hydrogen-bond donors (Lipinski definition) is 0. The highest BCUT2D eigenvalue weighted by molar-refractivity contribution is 8.00. The first-order valence-corrected chi connectivity index (χ1v) is 11.6. The molecule has 0 saturated heterocycles. The van der Waals surface area contributed by atoms with Gasteiger partial charge in [0.2, 0.25) is 5.89 Å². The minimum Gasteiger partial charge on any atom is -0.497 e. The molecule has 0 spiro atoms. The van der Waals surface area contributed by atoms with Crippen LogP contribution < -0.4 is 9.47 Å². The van der Waals surface area contributed by atoms with E-state index in [1.165, 1.54) is 23.9 Å². The fraction of sp³-hybridized carbons (Fsp3) is 0.240. The summed E-state index contributed by atoms with van der Waals surface area (Å²) in [6.07, 6.45) is 0. The second-order valence-electron chi connectivity index (χ2n) is 7.72. The van der Waals surface area contributed by atoms with Gasteiger partial charge in [0.05, 0.1) is 12.4 Å². The van der Waals surface area contributed by atoms with Crippen molar-refractivity contribution in [2.75, 3.05) is 7.11 Å². The van der Waals surface area contributed by atoms with Crippen LogP contribution in [0.5, 0.6) is 11.5 Å². The van der Waals surface area contributed by atoms with E-state index in [0.29, 0.717) is 16.7 Å². The van der Waals surface area contributed by atoms with Crippen molar-refractivity contribution in [2.45, 2.75) is 37.9 Å². The van der Waals surface area contributed by atoms with Gasteiger partial charge in [0.1, 0.15) is 11.5 Å². The average molecular weight is 500 g/mol. The van der Waals surface area contributed by atoms with Gasteiger partial charge in [0.25, 0.3) is 5.22 Å². The third kappa shape index (κ3) is 5.37. The molecule has 0 aliphatic heterocycles. The maximum absolute atomic E-state index is 13.2. The molecule has 2 aromatic carbocycles. The third-order valence-corrected chi connectivity index (χ3v) is 6.34. The van der Waals surface area contributed by atoms with Gasteiger partial charge >= 0.3 is 6.61 Å². The van der Waals surface area contributed by atoms with Crippen molar-refractivity contribution >= 4 is 17.5 Å². The first-order chi connectivity index (χ1) is 16.8. The van der Waals surface area contributed by atoms with E-state index in [1.807, 2.05) is 36.6 Å². The highest BCUT2D eigenvalue weighted by Crippen LogP contribution is 2.31. The summed E-state index contributed by atoms with van der Waals surface area (Å²) in [6.45, 7) is 2.62. The molecule has 0 fully saturated rings. The summed E-state index contributed by atoms with van der Waals surface area (Å²) < 4.78 is 42.1. The molecule has 0 saturated carbocycles. The van der Waals surface area contributed by atoms with Gasteiger partial charge in [0.15, 0.2) is 5.78 Å². The molecule has 0 aliphatic carbocycles. The van der Waals surface area contributed by atoms with Gasteiger partial charge < -0.3 is 18.5 Å². The number of ketones is 1. The molecule has 4 rings (SSSR count). The zero-order valence-electron chi connectivity index (χ0n) is 19.5. The second kappa shape index (κ2) is 10.3. The van der Waals surface area contributed by atoms with Gasteiger partial charge in [-0.05, 0) is 75.4 Å². The van der Waals surface area contributed by atoms with Crippen LogP contribution in [0.15, 0.2) is 64.2 Å². The van der Waals surface area contributed by atoms with Crippen molar-refractivity contribution in [2.24, 2.45) is 0 Å². The number of aromatic nitrogens is 3. The lowest BCUT2D eigenvalue weighted by molar-refractivity contribution is -0.0498. The number of thioether (sulfide) groups is 1. The topological polar surface area (TPSA) is 79.4 Å². The average Bonchev–Trinajstić information content (AvgIpc) is 3.42. The molecule has 4 aromatic rings. The highest BCUT2D eigenvalue weighted by atomic mass is 32.2. The van der Waals surface area contributed by atoms with Crippen molar-refractivity contribution in [3.63, 3.8) is 0 Å². The number of ether oxygens (including phenoxy) is 2. The van der Waals surface area contributed by atoms with E-state index in [4.69, 9.17) is 9.15 Å². The Morgan fingerprint density at radius 3 is 2.31 bits per heavy atom. The Labute approximate surface area is 205 Å². The number of methoxy groups -OCH3 is 1. The third-order valence-electron chi connectivity index (χ3n) is 5.41. The molecule has 1 atom stereocenters. The predicted molar refractivity (Wildman–Crippen MR) is 128 cm³/mol. The summed E-state index contributed by atoms with van der Waals surface area (Å²) in [5.41, 5.74) is 3.63. The first-order valence-electron chi connectivity index (χ1n) is 10.7. The minimum atomic E-state index is -2.88. The number of benzene rings is 2. The molecule has 0 aliphatic rings. The van der Waals surface area contributed by atoms with E-state index in [2.05, 4.69) is 14.9 Å². The number of aryl methyl sites for hydroxylation is 1. The molecule has 0 N–H and O–H groups in total. The summed E-state index contributed by atoms with van der Waals surface area (Å²) in [5, 5.41) is 7.96. The lowest BCUT2D eigenvalue weighted by Gasteiger charge is -2.12. The van der Waals surface area contributed by atoms with Gasteiger partial charge in [-0.2, -0.15) is 8.78 Å². The summed E-state index contributed by atoms with van der Waals surface area (Å²) in [5.74, 6) is 1.06. The minimum absolute atomic E-state index is 0.0705. The predicted octanol–water partition coefficient (Wildman–Crippen LogP) is 6.12. The molecule has 182 valence electrons. The number of carbonyl (C=O) groups excluding carboxylic acids is 1. The number of hydrogen-bond acceptors (Lipinski definition) is 7. The Morgan fingerprint density at radius 2 is 1.69 bits per heavy atom. The Bertz CT molecular complexity index is 1320. The smallest absolute Gasteiger partial charge is 0.387 e. The van der Waals surface area contributed by atoms with Crippen LogP contribution in [0.2, 0.25) is 0 Å². The second-order valence-corrected chi connectivity index (χ2v) is 9.01. The number of carbonyl (C=O) groups is 1. The summed E-state index contributed by atoms with van der Waals surface area (Å²) in [6, 6.07) is 15.3. The van der Waals surface area contributed by atoms with Crippen LogP contribution in [0.3, 0.4) is 0 Å². The normalized spacial score (nSPS) is 12.1. The molecule has 2 heterocycles. The van der Waals surface area contributed by atoms with Crippen LogP contribution in [-0.2, 0) is 0 Å². The quantitative estimate of drug-likeness (QED) is 0.203. The molecule has 35 heavy (non-hydrogen) atoms. The van der Waals surface area contributed by atoms with Crippen LogP contribution in [0.1, 0.15) is 28.7 Å². The standard InChI is InChI=1S/C25H23F2N3O4S/c1-14-13-21(15(2)30(14)18-7-11-20(12-8-18)33-24(26)27)22(31)16(3)35-25-29-28-23(34-25)17-5-9-19(32-4)10-6-17/h5-13,16,24H,1-4H3. The summed E-state index contributed by atoms with van der Waals surface area (Å²) in [7, 11) is 1.59. The SMILES string of the molecule is COc1ccc(-c2nnc(SC(C)C(=O)c3cc(C)n(-c4ccc(OC(F)F)cc4)c3C)o2)cc1. The van der Waals surface area contributed by atoms with Crippen molar-refractivity contribution in [1.82, 2.24) is 14.8 Å². The molecule has 1 unspecified atom stereocenters. The van der Waals surface area contributed by atoms with E-state index in [9.17, 15) is 13.6 Å². The van der Waals surface area contributed by atoms with E-state index >= 15 is 0 Å². The van der Waals surface area contributed by atoms with Gasteiger partial charge in [-0.15, -0.1) is 10.2 Å². The van der Waals surface area contributed by atoms with E-state index in [-0.39, 0.29) is 11.5 Å². The fourth-order valence-electron chi connectivity index (χ4n) is 3.72. The molecule has 0 bridgehead atoms. The van der Waals surface area contributed by atoms with Gasteiger partial charge in [-0.1, -0.05) is 11.8 Å². The monoisotopic (exact) mass is 499 g/mol. The van der Waals surface area contributed by atoms with Crippen LogP contribution in [0.25, 0.3) is 17.1 Å². The van der Waals surface area contributed by atoms with Gasteiger partial charge in [-0.3, -0.25) is 4.79 Å². The molecular weight excluding hydrogens is 476 g/mol. The first kappa shape index (κ1) is 24.5. The number of Topliss-reactive ketones (excluding diaryl/α,β-unsaturated/α-hetero) is 1. The lowest BCUT2D eigenvalue weighted by atomic mass is 10.1. The van der Waals surface area contributed by atoms with Crippen LogP contribution >= 0.6 is 11.8 Å². The zero-order valence-corrected chi connectivity index (χ0v) is 20.3. The number of alkyl halides is 2. The Morgan fingerprint density at radius 1 is 1.03 bits per heavy atom. The van der Waals surface area contributed by atoms with Gasteiger partial charge in [0, 0.05) is 28.2 Å². The van der Waals surface area contributed by atoms with E-state index in [1.54, 1.807) is 38.3 Å². The van der Waals surface area contributed by atoms with Gasteiger partial charge in [-0.25, -0.2) is 0 Å². The van der Waals surface area contributed by atoms with Crippen molar-refractivity contribution in [1.29, 1.82) is 0 Å². The molecule has 0 radical (unpaired) electrons. The molecule has 7 nitrogen and oxygen atoms in total. The van der Waals surface area contributed by atoms with Crippen molar-refractivity contribution in [3.8, 4) is 28.6 Å². The highest BCUT2D eigenvalue weighted by Gasteiger charge is 2.24. The largest absolute Gasteiger partial charge is 0.497 e. The Kier molecular flexibility index (Phi) is 7.20. The summed E-state index contributed by atoms with van der Waals surface area (Å²) in [4.78, 5) is 13.2. The zero-order chi connectivity index (χ0) is 25.1.